The predicted octanol–water partition coefficient (Wildman–Crippen LogP) is 2.98. The Balaban J connectivity index is 1.80. The molecule has 2 aromatic rings. The standard InChI is InChI=1S/C18H26N4S/c1-14-5-10-17(23-14)12-21-18(19-2)20-11-15-6-8-16(9-7-15)13-22(3)4/h5-10H,11-13H2,1-4H3,(H2,19,20,21). The summed E-state index contributed by atoms with van der Waals surface area (Å²) in [6, 6.07) is 13.0. The maximum absolute atomic E-state index is 4.27. The van der Waals surface area contributed by atoms with Gasteiger partial charge in [-0.05, 0) is 44.3 Å². The van der Waals surface area contributed by atoms with Crippen molar-refractivity contribution in [2.75, 3.05) is 21.1 Å². The molecule has 0 fully saturated rings. The van der Waals surface area contributed by atoms with Crippen molar-refractivity contribution in [3.8, 4) is 0 Å². The largest absolute Gasteiger partial charge is 0.352 e. The zero-order valence-electron chi connectivity index (χ0n) is 14.4. The first-order chi connectivity index (χ1) is 11.1. The van der Waals surface area contributed by atoms with E-state index in [2.05, 4.69) is 77.9 Å². The molecular formula is C18H26N4S. The molecule has 2 rings (SSSR count). The number of guanidine groups is 1. The number of nitrogens with one attached hydrogen (secondary N) is 2. The number of nitrogens with zero attached hydrogens (tertiary/aromatic N) is 2. The molecule has 5 heteroatoms. The molecule has 124 valence electrons. The first kappa shape index (κ1) is 17.5. The van der Waals surface area contributed by atoms with Gasteiger partial charge in [-0.1, -0.05) is 24.3 Å². The second-order valence-corrected chi connectivity index (χ2v) is 7.22. The van der Waals surface area contributed by atoms with E-state index >= 15 is 0 Å². The van der Waals surface area contributed by atoms with Gasteiger partial charge in [-0.25, -0.2) is 0 Å². The Morgan fingerprint density at radius 1 is 1.00 bits per heavy atom. The molecular weight excluding hydrogens is 304 g/mol. The van der Waals surface area contributed by atoms with E-state index in [-0.39, 0.29) is 0 Å². The van der Waals surface area contributed by atoms with Gasteiger partial charge in [0.1, 0.15) is 0 Å². The molecule has 1 heterocycles. The van der Waals surface area contributed by atoms with Crippen molar-refractivity contribution in [2.24, 2.45) is 4.99 Å². The lowest BCUT2D eigenvalue weighted by Crippen LogP contribution is -2.36. The van der Waals surface area contributed by atoms with Gasteiger partial charge in [0.15, 0.2) is 5.96 Å². The highest BCUT2D eigenvalue weighted by atomic mass is 32.1. The van der Waals surface area contributed by atoms with Crippen LogP contribution in [0.2, 0.25) is 0 Å². The van der Waals surface area contributed by atoms with E-state index in [1.165, 1.54) is 20.9 Å². The first-order valence-corrected chi connectivity index (χ1v) is 8.61. The number of aryl methyl sites for hydroxylation is 1. The van der Waals surface area contributed by atoms with Gasteiger partial charge in [0.2, 0.25) is 0 Å². The summed E-state index contributed by atoms with van der Waals surface area (Å²) in [5.74, 6) is 0.827. The maximum Gasteiger partial charge on any atom is 0.191 e. The number of hydrogen-bond donors (Lipinski definition) is 2. The van der Waals surface area contributed by atoms with Crippen molar-refractivity contribution >= 4 is 17.3 Å². The lowest BCUT2D eigenvalue weighted by Gasteiger charge is -2.12. The Morgan fingerprint density at radius 3 is 2.22 bits per heavy atom. The lowest BCUT2D eigenvalue weighted by atomic mass is 10.1. The van der Waals surface area contributed by atoms with Crippen molar-refractivity contribution in [2.45, 2.75) is 26.6 Å². The molecule has 1 aromatic carbocycles. The van der Waals surface area contributed by atoms with Crippen LogP contribution in [0.3, 0.4) is 0 Å². The van der Waals surface area contributed by atoms with Crippen LogP contribution in [0.1, 0.15) is 20.9 Å². The molecule has 23 heavy (non-hydrogen) atoms. The number of aliphatic imine (C=N–C) groups is 1. The molecule has 0 radical (unpaired) electrons. The van der Waals surface area contributed by atoms with E-state index in [0.29, 0.717) is 0 Å². The average molecular weight is 331 g/mol. The normalized spacial score (nSPS) is 11.8. The van der Waals surface area contributed by atoms with Gasteiger partial charge >= 0.3 is 0 Å². The summed E-state index contributed by atoms with van der Waals surface area (Å²) < 4.78 is 0. The van der Waals surface area contributed by atoms with Crippen molar-refractivity contribution in [3.63, 3.8) is 0 Å². The summed E-state index contributed by atoms with van der Waals surface area (Å²) in [6.07, 6.45) is 0. The Kier molecular flexibility index (Phi) is 6.62. The summed E-state index contributed by atoms with van der Waals surface area (Å²) in [5.41, 5.74) is 2.58. The third-order valence-corrected chi connectivity index (χ3v) is 4.43. The second kappa shape index (κ2) is 8.70. The van der Waals surface area contributed by atoms with Crippen LogP contribution in [0.4, 0.5) is 0 Å². The van der Waals surface area contributed by atoms with Crippen molar-refractivity contribution < 1.29 is 0 Å². The molecule has 0 amide bonds. The van der Waals surface area contributed by atoms with Crippen LogP contribution in [0, 0.1) is 6.92 Å². The van der Waals surface area contributed by atoms with E-state index in [4.69, 9.17) is 0 Å². The summed E-state index contributed by atoms with van der Waals surface area (Å²) >= 11 is 1.81. The number of benzene rings is 1. The van der Waals surface area contributed by atoms with Gasteiger partial charge < -0.3 is 15.5 Å². The van der Waals surface area contributed by atoms with E-state index in [9.17, 15) is 0 Å². The van der Waals surface area contributed by atoms with Crippen LogP contribution in [-0.2, 0) is 19.6 Å². The summed E-state index contributed by atoms with van der Waals surface area (Å²) in [6.45, 7) is 4.67. The smallest absolute Gasteiger partial charge is 0.191 e. The Bertz CT molecular complexity index is 629. The predicted molar refractivity (Wildman–Crippen MR) is 99.9 cm³/mol. The number of rotatable bonds is 6. The van der Waals surface area contributed by atoms with E-state index in [1.807, 2.05) is 11.3 Å². The van der Waals surface area contributed by atoms with Crippen molar-refractivity contribution in [1.29, 1.82) is 0 Å². The molecule has 0 saturated heterocycles. The second-order valence-electron chi connectivity index (χ2n) is 5.85. The fourth-order valence-corrected chi connectivity index (χ4v) is 3.12. The van der Waals surface area contributed by atoms with Gasteiger partial charge in [0.25, 0.3) is 0 Å². The summed E-state index contributed by atoms with van der Waals surface area (Å²) in [5, 5.41) is 6.71. The third-order valence-electron chi connectivity index (χ3n) is 3.43. The average Bonchev–Trinajstić information content (AvgIpc) is 2.94. The zero-order chi connectivity index (χ0) is 16.7. The van der Waals surface area contributed by atoms with Crippen LogP contribution in [-0.4, -0.2) is 32.0 Å². The quantitative estimate of drug-likeness (QED) is 0.632. The number of thiophene rings is 1. The van der Waals surface area contributed by atoms with Gasteiger partial charge in [-0.3, -0.25) is 4.99 Å². The van der Waals surface area contributed by atoms with Gasteiger partial charge in [0, 0.05) is 29.9 Å². The summed E-state index contributed by atoms with van der Waals surface area (Å²) in [7, 11) is 5.97. The highest BCUT2D eigenvalue weighted by molar-refractivity contribution is 7.11. The maximum atomic E-state index is 4.27. The molecule has 0 aliphatic carbocycles. The van der Waals surface area contributed by atoms with Crippen LogP contribution in [0.15, 0.2) is 41.4 Å². The molecule has 0 atom stereocenters. The van der Waals surface area contributed by atoms with E-state index < -0.39 is 0 Å². The fraction of sp³-hybridized carbons (Fsp3) is 0.389. The molecule has 1 aromatic heterocycles. The van der Waals surface area contributed by atoms with Gasteiger partial charge in [-0.2, -0.15) is 0 Å². The van der Waals surface area contributed by atoms with Crippen LogP contribution < -0.4 is 10.6 Å². The molecule has 2 N–H and O–H groups in total. The van der Waals surface area contributed by atoms with Crippen LogP contribution in [0.25, 0.3) is 0 Å². The van der Waals surface area contributed by atoms with E-state index in [0.717, 1.165) is 25.6 Å². The minimum absolute atomic E-state index is 0.769. The minimum Gasteiger partial charge on any atom is -0.352 e. The summed E-state index contributed by atoms with van der Waals surface area (Å²) in [4.78, 5) is 9.10. The minimum atomic E-state index is 0.769. The topological polar surface area (TPSA) is 39.7 Å². The third kappa shape index (κ3) is 6.04. The van der Waals surface area contributed by atoms with Crippen molar-refractivity contribution in [1.82, 2.24) is 15.5 Å². The molecule has 0 spiro atoms. The van der Waals surface area contributed by atoms with Crippen LogP contribution >= 0.6 is 11.3 Å². The Morgan fingerprint density at radius 2 is 1.65 bits per heavy atom. The van der Waals surface area contributed by atoms with Crippen molar-refractivity contribution in [3.05, 3.63) is 57.3 Å². The molecule has 0 aliphatic heterocycles. The monoisotopic (exact) mass is 330 g/mol. The molecule has 0 unspecified atom stereocenters. The SMILES string of the molecule is CN=C(NCc1ccc(CN(C)C)cc1)NCc1ccc(C)s1. The molecule has 0 aliphatic rings. The fourth-order valence-electron chi connectivity index (χ4n) is 2.29. The van der Waals surface area contributed by atoms with E-state index in [1.54, 1.807) is 7.05 Å². The number of hydrogen-bond acceptors (Lipinski definition) is 3. The molecule has 4 nitrogen and oxygen atoms in total. The Labute approximate surface area is 143 Å². The molecule has 0 bridgehead atoms. The van der Waals surface area contributed by atoms with Gasteiger partial charge in [0.05, 0.1) is 6.54 Å². The highest BCUT2D eigenvalue weighted by Gasteiger charge is 2.01. The van der Waals surface area contributed by atoms with Gasteiger partial charge in [-0.15, -0.1) is 11.3 Å². The van der Waals surface area contributed by atoms with Crippen LogP contribution in [0.5, 0.6) is 0 Å². The Hall–Kier alpha value is -1.85. The molecule has 0 saturated carbocycles. The highest BCUT2D eigenvalue weighted by Crippen LogP contribution is 2.14. The first-order valence-electron chi connectivity index (χ1n) is 7.79. The zero-order valence-corrected chi connectivity index (χ0v) is 15.2. The lowest BCUT2D eigenvalue weighted by molar-refractivity contribution is 0.402.